The van der Waals surface area contributed by atoms with Gasteiger partial charge in [0.25, 0.3) is 0 Å². The molecule has 0 saturated heterocycles. The molecule has 0 aliphatic heterocycles. The quantitative estimate of drug-likeness (QED) is 0.380. The van der Waals surface area contributed by atoms with Crippen molar-refractivity contribution < 1.29 is 24.6 Å². The van der Waals surface area contributed by atoms with Crippen LogP contribution in [0.3, 0.4) is 0 Å². The molecule has 0 rings (SSSR count). The zero-order valence-electron chi connectivity index (χ0n) is 12.4. The Morgan fingerprint density at radius 1 is 1.42 bits per heavy atom. The van der Waals surface area contributed by atoms with Crippen molar-refractivity contribution in [3.8, 4) is 0 Å². The molecule has 0 fully saturated rings. The van der Waals surface area contributed by atoms with Crippen molar-refractivity contribution in [1.29, 1.82) is 0 Å². The average Bonchev–Trinajstić information content (AvgIpc) is 2.22. The molecule has 19 heavy (non-hydrogen) atoms. The highest BCUT2D eigenvalue weighted by molar-refractivity contribution is 7.98. The van der Waals surface area contributed by atoms with Gasteiger partial charge in [-0.25, -0.2) is 4.79 Å². The van der Waals surface area contributed by atoms with Gasteiger partial charge in [-0.3, -0.25) is 4.99 Å². The number of carbonyl (C=O) groups is 1. The van der Waals surface area contributed by atoms with Crippen molar-refractivity contribution in [3.05, 3.63) is 0 Å². The molecule has 0 amide bonds. The van der Waals surface area contributed by atoms with Gasteiger partial charge in [-0.15, -0.1) is 0 Å². The van der Waals surface area contributed by atoms with Gasteiger partial charge < -0.3 is 19.8 Å². The maximum absolute atomic E-state index is 10.5. The molecule has 6 nitrogen and oxygen atoms in total. The summed E-state index contributed by atoms with van der Waals surface area (Å²) in [7, 11) is 6.16. The number of aliphatic hydroxyl groups is 1. The highest BCUT2D eigenvalue weighted by Gasteiger charge is 2.13. The van der Waals surface area contributed by atoms with Crippen LogP contribution in [0, 0.1) is 0 Å². The molecule has 0 aromatic rings. The van der Waals surface area contributed by atoms with Gasteiger partial charge in [0, 0.05) is 0 Å². The summed E-state index contributed by atoms with van der Waals surface area (Å²) >= 11 is 1.54. The molecule has 1 atom stereocenters. The van der Waals surface area contributed by atoms with Crippen molar-refractivity contribution in [2.45, 2.75) is 19.4 Å². The lowest BCUT2D eigenvalue weighted by Gasteiger charge is -2.21. The van der Waals surface area contributed by atoms with Gasteiger partial charge in [0.2, 0.25) is 0 Å². The molecular weight excluding hydrogens is 268 g/mol. The Morgan fingerprint density at radius 3 is 2.16 bits per heavy atom. The van der Waals surface area contributed by atoms with Gasteiger partial charge in [-0.05, 0) is 31.3 Å². The number of thioether (sulfide) groups is 1. The van der Waals surface area contributed by atoms with Crippen LogP contribution in [0.15, 0.2) is 4.99 Å². The zero-order chi connectivity index (χ0) is 15.5. The van der Waals surface area contributed by atoms with E-state index in [-0.39, 0.29) is 6.61 Å². The molecule has 0 saturated carbocycles. The second-order valence-electron chi connectivity index (χ2n) is 5.02. The first-order valence-electron chi connectivity index (χ1n) is 5.98. The van der Waals surface area contributed by atoms with E-state index in [2.05, 4.69) is 26.1 Å². The fourth-order valence-corrected chi connectivity index (χ4v) is 1.45. The Balaban J connectivity index is 0. The number of aliphatic hydroxyl groups excluding tert-OH is 1. The first-order chi connectivity index (χ1) is 8.64. The van der Waals surface area contributed by atoms with E-state index in [0.717, 1.165) is 11.0 Å². The number of carboxylic acids is 1. The molecule has 0 heterocycles. The van der Waals surface area contributed by atoms with Crippen molar-refractivity contribution in [2.75, 3.05) is 46.3 Å². The predicted octanol–water partition coefficient (Wildman–Crippen LogP) is -0.344. The molecular formula is C12H26N2O4S. The highest BCUT2D eigenvalue weighted by Crippen LogP contribution is 2.04. The van der Waals surface area contributed by atoms with Crippen molar-refractivity contribution in [3.63, 3.8) is 0 Å². The summed E-state index contributed by atoms with van der Waals surface area (Å²) in [6, 6.07) is -0.866. The van der Waals surface area contributed by atoms with Crippen molar-refractivity contribution in [2.24, 2.45) is 4.99 Å². The van der Waals surface area contributed by atoms with Crippen LogP contribution in [-0.4, -0.2) is 78.9 Å². The van der Waals surface area contributed by atoms with E-state index in [1.54, 1.807) is 0 Å². The second kappa shape index (κ2) is 11.1. The number of hydrogen-bond donors (Lipinski definition) is 2. The van der Waals surface area contributed by atoms with E-state index in [1.807, 2.05) is 6.26 Å². The Hall–Kier alpha value is -0.790. The first kappa shape index (κ1) is 20.5. The normalized spacial score (nSPS) is 13.5. The number of aliphatic imine (C=N–C) groups is 1. The summed E-state index contributed by atoms with van der Waals surface area (Å²) in [4.78, 5) is 13.9. The SMILES string of the molecule is CSCC[C@H](N=C(C)[O-])C(=O)O.C[N+](C)(C)CCO. The number of carboxylic acid groups (broad SMARTS) is 1. The van der Waals surface area contributed by atoms with Crippen LogP contribution in [-0.2, 0) is 4.79 Å². The molecule has 0 bridgehead atoms. The summed E-state index contributed by atoms with van der Waals surface area (Å²) in [5.74, 6) is -0.754. The van der Waals surface area contributed by atoms with Crippen LogP contribution in [0.5, 0.6) is 0 Å². The highest BCUT2D eigenvalue weighted by atomic mass is 32.2. The minimum absolute atomic E-state index is 0.281. The molecule has 114 valence electrons. The lowest BCUT2D eigenvalue weighted by atomic mass is 10.2. The molecule has 0 aliphatic carbocycles. The van der Waals surface area contributed by atoms with Crippen LogP contribution in [0.2, 0.25) is 0 Å². The van der Waals surface area contributed by atoms with Crippen LogP contribution >= 0.6 is 11.8 Å². The average molecular weight is 294 g/mol. The van der Waals surface area contributed by atoms with E-state index in [9.17, 15) is 9.90 Å². The number of aliphatic carboxylic acids is 1. The minimum atomic E-state index is -1.03. The topological polar surface area (TPSA) is 93.0 Å². The number of quaternary nitrogens is 1. The number of nitrogens with zero attached hydrogens (tertiary/aromatic N) is 2. The Kier molecular flexibility index (Phi) is 12.0. The smallest absolute Gasteiger partial charge is 0.328 e. The van der Waals surface area contributed by atoms with Crippen LogP contribution in [0.4, 0.5) is 0 Å². The maximum Gasteiger partial charge on any atom is 0.328 e. The van der Waals surface area contributed by atoms with Gasteiger partial charge in [-0.2, -0.15) is 11.8 Å². The summed E-state index contributed by atoms with van der Waals surface area (Å²) in [6.45, 7) is 2.37. The summed E-state index contributed by atoms with van der Waals surface area (Å²) < 4.78 is 0.844. The van der Waals surface area contributed by atoms with Crippen LogP contribution in [0.1, 0.15) is 13.3 Å². The Morgan fingerprint density at radius 2 is 1.95 bits per heavy atom. The third kappa shape index (κ3) is 17.2. The van der Waals surface area contributed by atoms with E-state index in [4.69, 9.17) is 10.2 Å². The number of likely N-dealkylation sites (N-methyl/N-ethyl adjacent to an activating group) is 1. The van der Waals surface area contributed by atoms with Gasteiger partial charge >= 0.3 is 5.97 Å². The molecule has 0 aromatic heterocycles. The second-order valence-corrected chi connectivity index (χ2v) is 6.01. The van der Waals surface area contributed by atoms with Crippen molar-refractivity contribution in [1.82, 2.24) is 0 Å². The van der Waals surface area contributed by atoms with E-state index in [1.165, 1.54) is 18.7 Å². The Bertz CT molecular complexity index is 273. The number of rotatable bonds is 7. The fourth-order valence-electron chi connectivity index (χ4n) is 0.992. The summed E-state index contributed by atoms with van der Waals surface area (Å²) in [5, 5.41) is 27.5. The van der Waals surface area contributed by atoms with Crippen LogP contribution in [0.25, 0.3) is 0 Å². The van der Waals surface area contributed by atoms with E-state index in [0.29, 0.717) is 12.2 Å². The summed E-state index contributed by atoms with van der Waals surface area (Å²) in [5.41, 5.74) is 0. The molecule has 0 unspecified atom stereocenters. The zero-order valence-corrected chi connectivity index (χ0v) is 13.2. The van der Waals surface area contributed by atoms with Crippen molar-refractivity contribution >= 4 is 23.6 Å². The van der Waals surface area contributed by atoms with Gasteiger partial charge in [0.1, 0.15) is 12.6 Å². The molecule has 7 heteroatoms. The summed E-state index contributed by atoms with van der Waals surface area (Å²) in [6.07, 6.45) is 2.29. The van der Waals surface area contributed by atoms with Crippen LogP contribution < -0.4 is 5.11 Å². The van der Waals surface area contributed by atoms with Gasteiger partial charge in [-0.1, -0.05) is 0 Å². The Labute approximate surface area is 119 Å². The first-order valence-corrected chi connectivity index (χ1v) is 7.38. The van der Waals surface area contributed by atoms with E-state index >= 15 is 0 Å². The molecule has 0 aliphatic rings. The minimum Gasteiger partial charge on any atom is -0.862 e. The molecule has 2 N–H and O–H groups in total. The standard InChI is InChI=1S/C7H13NO3S.C5H14NO/c1-5(9)8-6(7(10)11)3-4-12-2;1-6(2,3)4-5-7/h6H,3-4H2,1-2H3,(H,8,9)(H,10,11);7H,4-5H2,1-3H3/q;+1/p-1/t6-;/m0./s1. The maximum atomic E-state index is 10.5. The third-order valence-electron chi connectivity index (χ3n) is 1.99. The predicted molar refractivity (Wildman–Crippen MR) is 77.5 cm³/mol. The van der Waals surface area contributed by atoms with E-state index < -0.39 is 17.9 Å². The number of hydrogen-bond acceptors (Lipinski definition) is 5. The van der Waals surface area contributed by atoms with Gasteiger partial charge in [0.15, 0.2) is 0 Å². The monoisotopic (exact) mass is 294 g/mol. The fraction of sp³-hybridized carbons (Fsp3) is 0.833. The lowest BCUT2D eigenvalue weighted by Crippen LogP contribution is -2.36. The lowest BCUT2D eigenvalue weighted by molar-refractivity contribution is -0.870. The third-order valence-corrected chi connectivity index (χ3v) is 2.63. The molecule has 0 aromatic carbocycles. The largest absolute Gasteiger partial charge is 0.862 e. The molecule has 0 radical (unpaired) electrons. The molecule has 0 spiro atoms. The van der Waals surface area contributed by atoms with Gasteiger partial charge in [0.05, 0.1) is 27.7 Å².